The van der Waals surface area contributed by atoms with Gasteiger partial charge in [0, 0.05) is 18.7 Å². The summed E-state index contributed by atoms with van der Waals surface area (Å²) in [6, 6.07) is 9.65. The molecule has 7 heteroatoms. The Labute approximate surface area is 141 Å². The molecule has 1 fully saturated rings. The van der Waals surface area contributed by atoms with Crippen molar-refractivity contribution in [2.45, 2.75) is 38.8 Å². The maximum Gasteiger partial charge on any atom is 0.407 e. The second-order valence-electron chi connectivity index (χ2n) is 6.84. The van der Waals surface area contributed by atoms with E-state index in [0.717, 1.165) is 18.5 Å². The van der Waals surface area contributed by atoms with Crippen molar-refractivity contribution in [3.05, 3.63) is 30.3 Å². The van der Waals surface area contributed by atoms with Crippen molar-refractivity contribution in [1.29, 1.82) is 0 Å². The highest BCUT2D eigenvalue weighted by molar-refractivity contribution is 5.68. The second kappa shape index (κ2) is 6.51. The molecular weight excluding hydrogens is 308 g/mol. The van der Waals surface area contributed by atoms with Crippen LogP contribution < -0.4 is 10.2 Å². The molecule has 0 bridgehead atoms. The van der Waals surface area contributed by atoms with E-state index in [1.54, 1.807) is 0 Å². The number of nitrogens with zero attached hydrogens (tertiary/aromatic N) is 3. The van der Waals surface area contributed by atoms with Crippen molar-refractivity contribution in [3.8, 4) is 11.5 Å². The van der Waals surface area contributed by atoms with Gasteiger partial charge in [0.1, 0.15) is 5.60 Å². The Morgan fingerprint density at radius 1 is 1.33 bits per heavy atom. The van der Waals surface area contributed by atoms with E-state index in [4.69, 9.17) is 9.26 Å². The molecule has 1 N–H and O–H groups in total. The molecule has 1 atom stereocenters. The maximum atomic E-state index is 11.8. The van der Waals surface area contributed by atoms with Crippen LogP contribution in [0.5, 0.6) is 0 Å². The SMILES string of the molecule is CC(C)(C)OC(=O)NC1CCN(c2noc(-c3ccccc3)n2)C1. The molecule has 1 amide bonds. The third-order valence-electron chi connectivity index (χ3n) is 3.63. The Morgan fingerprint density at radius 2 is 2.08 bits per heavy atom. The fourth-order valence-electron chi connectivity index (χ4n) is 2.58. The van der Waals surface area contributed by atoms with Crippen molar-refractivity contribution in [2.75, 3.05) is 18.0 Å². The van der Waals surface area contributed by atoms with Gasteiger partial charge in [-0.3, -0.25) is 0 Å². The lowest BCUT2D eigenvalue weighted by Gasteiger charge is -2.21. The van der Waals surface area contributed by atoms with Gasteiger partial charge in [-0.15, -0.1) is 0 Å². The number of benzene rings is 1. The average Bonchev–Trinajstić information content (AvgIpc) is 3.15. The number of anilines is 1. The highest BCUT2D eigenvalue weighted by atomic mass is 16.6. The Kier molecular flexibility index (Phi) is 4.42. The fraction of sp³-hybridized carbons (Fsp3) is 0.471. The predicted molar refractivity (Wildman–Crippen MR) is 89.7 cm³/mol. The van der Waals surface area contributed by atoms with Gasteiger partial charge in [-0.25, -0.2) is 4.79 Å². The fourth-order valence-corrected chi connectivity index (χ4v) is 2.58. The predicted octanol–water partition coefficient (Wildman–Crippen LogP) is 2.84. The lowest BCUT2D eigenvalue weighted by molar-refractivity contribution is 0.0509. The number of aromatic nitrogens is 2. The van der Waals surface area contributed by atoms with Crippen LogP contribution in [0.1, 0.15) is 27.2 Å². The van der Waals surface area contributed by atoms with Crippen molar-refractivity contribution in [3.63, 3.8) is 0 Å². The number of amides is 1. The zero-order valence-electron chi connectivity index (χ0n) is 14.2. The van der Waals surface area contributed by atoms with E-state index in [2.05, 4.69) is 15.5 Å². The van der Waals surface area contributed by atoms with Crippen LogP contribution in [0.4, 0.5) is 10.7 Å². The number of ether oxygens (including phenoxy) is 1. The summed E-state index contributed by atoms with van der Waals surface area (Å²) in [5.41, 5.74) is 0.388. The van der Waals surface area contributed by atoms with Crippen LogP contribution in [0, 0.1) is 0 Å². The van der Waals surface area contributed by atoms with Gasteiger partial charge in [0.25, 0.3) is 11.8 Å². The molecule has 0 radical (unpaired) electrons. The molecule has 0 spiro atoms. The van der Waals surface area contributed by atoms with Crippen LogP contribution in [-0.4, -0.2) is 41.0 Å². The first-order valence-corrected chi connectivity index (χ1v) is 8.04. The highest BCUT2D eigenvalue weighted by Crippen LogP contribution is 2.22. The Morgan fingerprint density at radius 3 is 2.79 bits per heavy atom. The van der Waals surface area contributed by atoms with E-state index in [9.17, 15) is 4.79 Å². The molecule has 1 saturated heterocycles. The van der Waals surface area contributed by atoms with Crippen molar-refractivity contribution < 1.29 is 14.1 Å². The number of carbonyl (C=O) groups excluding carboxylic acids is 1. The van der Waals surface area contributed by atoms with Crippen molar-refractivity contribution in [2.24, 2.45) is 0 Å². The van der Waals surface area contributed by atoms with Gasteiger partial charge in [-0.2, -0.15) is 4.98 Å². The summed E-state index contributed by atoms with van der Waals surface area (Å²) in [6.07, 6.45) is 0.418. The summed E-state index contributed by atoms with van der Waals surface area (Å²) in [7, 11) is 0. The lowest BCUT2D eigenvalue weighted by Crippen LogP contribution is -2.40. The number of nitrogens with one attached hydrogen (secondary N) is 1. The van der Waals surface area contributed by atoms with Crippen LogP contribution in [-0.2, 0) is 4.74 Å². The van der Waals surface area contributed by atoms with Gasteiger partial charge in [0.15, 0.2) is 0 Å². The minimum atomic E-state index is -0.499. The van der Waals surface area contributed by atoms with E-state index >= 15 is 0 Å². The van der Waals surface area contributed by atoms with Crippen molar-refractivity contribution >= 4 is 12.0 Å². The van der Waals surface area contributed by atoms with E-state index in [1.165, 1.54) is 0 Å². The quantitative estimate of drug-likeness (QED) is 0.932. The molecule has 128 valence electrons. The number of hydrogen-bond acceptors (Lipinski definition) is 6. The number of alkyl carbamates (subject to hydrolysis) is 1. The molecule has 24 heavy (non-hydrogen) atoms. The molecule has 1 aromatic carbocycles. The van der Waals surface area contributed by atoms with E-state index < -0.39 is 11.7 Å². The summed E-state index contributed by atoms with van der Waals surface area (Å²) >= 11 is 0. The topological polar surface area (TPSA) is 80.5 Å². The number of rotatable bonds is 3. The number of carbonyl (C=O) groups is 1. The zero-order chi connectivity index (χ0) is 17.2. The molecule has 1 aliphatic heterocycles. The van der Waals surface area contributed by atoms with Gasteiger partial charge >= 0.3 is 6.09 Å². The molecule has 3 rings (SSSR count). The van der Waals surface area contributed by atoms with Crippen LogP contribution in [0.25, 0.3) is 11.5 Å². The molecule has 7 nitrogen and oxygen atoms in total. The Bertz CT molecular complexity index is 693. The molecule has 0 saturated carbocycles. The molecule has 2 heterocycles. The standard InChI is InChI=1S/C17H22N4O3/c1-17(2,3)23-16(22)18-13-9-10-21(11-13)15-19-14(24-20-15)12-7-5-4-6-8-12/h4-8,13H,9-11H2,1-3H3,(H,18,22). The summed E-state index contributed by atoms with van der Waals surface area (Å²) in [4.78, 5) is 18.3. The molecule has 0 aliphatic carbocycles. The summed E-state index contributed by atoms with van der Waals surface area (Å²) in [6.45, 7) is 6.93. The monoisotopic (exact) mass is 330 g/mol. The molecule has 1 aliphatic rings. The van der Waals surface area contributed by atoms with Gasteiger partial charge in [0.2, 0.25) is 0 Å². The normalized spacial score (nSPS) is 17.8. The third kappa shape index (κ3) is 4.04. The van der Waals surface area contributed by atoms with Gasteiger partial charge in [-0.1, -0.05) is 18.2 Å². The van der Waals surface area contributed by atoms with Crippen molar-refractivity contribution in [1.82, 2.24) is 15.5 Å². The first kappa shape index (κ1) is 16.3. The van der Waals surface area contributed by atoms with Crippen LogP contribution in [0.3, 0.4) is 0 Å². The third-order valence-corrected chi connectivity index (χ3v) is 3.63. The zero-order valence-corrected chi connectivity index (χ0v) is 14.2. The van der Waals surface area contributed by atoms with E-state index in [1.807, 2.05) is 56.0 Å². The van der Waals surface area contributed by atoms with Gasteiger partial charge < -0.3 is 19.5 Å². The lowest BCUT2D eigenvalue weighted by atomic mass is 10.2. The summed E-state index contributed by atoms with van der Waals surface area (Å²) in [5, 5.41) is 6.93. The molecule has 2 aromatic rings. The number of hydrogen-bond donors (Lipinski definition) is 1. The highest BCUT2D eigenvalue weighted by Gasteiger charge is 2.28. The average molecular weight is 330 g/mol. The molecular formula is C17H22N4O3. The first-order valence-electron chi connectivity index (χ1n) is 8.04. The smallest absolute Gasteiger partial charge is 0.407 e. The largest absolute Gasteiger partial charge is 0.444 e. The van der Waals surface area contributed by atoms with Crippen LogP contribution >= 0.6 is 0 Å². The maximum absolute atomic E-state index is 11.8. The first-order chi connectivity index (χ1) is 11.4. The van der Waals surface area contributed by atoms with E-state index in [-0.39, 0.29) is 6.04 Å². The molecule has 1 unspecified atom stereocenters. The Hall–Kier alpha value is -2.57. The van der Waals surface area contributed by atoms with Crippen LogP contribution in [0.2, 0.25) is 0 Å². The van der Waals surface area contributed by atoms with E-state index in [0.29, 0.717) is 18.4 Å². The van der Waals surface area contributed by atoms with Gasteiger partial charge in [-0.05, 0) is 44.5 Å². The second-order valence-corrected chi connectivity index (χ2v) is 6.84. The summed E-state index contributed by atoms with van der Waals surface area (Å²) in [5.74, 6) is 1.04. The van der Waals surface area contributed by atoms with Crippen LogP contribution in [0.15, 0.2) is 34.9 Å². The minimum absolute atomic E-state index is 0.0125. The minimum Gasteiger partial charge on any atom is -0.444 e. The molecule has 1 aromatic heterocycles. The summed E-state index contributed by atoms with van der Waals surface area (Å²) < 4.78 is 10.6. The Balaban J connectivity index is 1.58. The van der Waals surface area contributed by atoms with Gasteiger partial charge in [0.05, 0.1) is 6.04 Å².